The first kappa shape index (κ1) is 25.2. The Hall–Kier alpha value is -3.91. The molecule has 3 N–H and O–H groups in total. The predicted molar refractivity (Wildman–Crippen MR) is 131 cm³/mol. The zero-order chi connectivity index (χ0) is 25.8. The molecule has 2 unspecified atom stereocenters. The third-order valence-corrected chi connectivity index (χ3v) is 7.04. The van der Waals surface area contributed by atoms with Crippen molar-refractivity contribution in [1.82, 2.24) is 15.2 Å². The number of nitrogens with zero attached hydrogens (tertiary/aromatic N) is 3. The molecule has 2 amide bonds. The van der Waals surface area contributed by atoms with Crippen molar-refractivity contribution < 1.29 is 33.5 Å². The number of amides is 2. The third kappa shape index (κ3) is 5.33. The quantitative estimate of drug-likeness (QED) is 0.166. The van der Waals surface area contributed by atoms with E-state index < -0.39 is 41.5 Å². The zero-order valence-corrected chi connectivity index (χ0v) is 20.7. The van der Waals surface area contributed by atoms with Crippen molar-refractivity contribution in [1.29, 1.82) is 0 Å². The summed E-state index contributed by atoms with van der Waals surface area (Å²) in [6.07, 6.45) is 0.247. The van der Waals surface area contributed by atoms with Gasteiger partial charge in [-0.25, -0.2) is 14.6 Å². The molecule has 4 rings (SSSR count). The maximum Gasteiger partial charge on any atom is 0.341 e. The number of rotatable bonds is 8. The van der Waals surface area contributed by atoms with Gasteiger partial charge in [0.05, 0.1) is 11.1 Å². The van der Waals surface area contributed by atoms with Crippen LogP contribution in [0.15, 0.2) is 52.6 Å². The molecule has 14 heteroatoms. The second-order valence-electron chi connectivity index (χ2n) is 7.49. The van der Waals surface area contributed by atoms with Gasteiger partial charge in [-0.15, -0.1) is 23.1 Å². The molecule has 0 saturated carbocycles. The molecule has 0 bridgehead atoms. The number of thioether (sulfide) groups is 1. The highest BCUT2D eigenvalue weighted by Gasteiger charge is 2.50. The molecule has 1 saturated heterocycles. The van der Waals surface area contributed by atoms with Gasteiger partial charge in [0.2, 0.25) is 6.29 Å². The lowest BCUT2D eigenvalue weighted by Gasteiger charge is -2.47. The Morgan fingerprint density at radius 2 is 1.94 bits per heavy atom. The predicted octanol–water partition coefficient (Wildman–Crippen LogP) is 1.11. The molecule has 0 aliphatic carbocycles. The maximum atomic E-state index is 12.7. The lowest BCUT2D eigenvalue weighted by atomic mass is 10.1. The van der Waals surface area contributed by atoms with Gasteiger partial charge in [0, 0.05) is 24.3 Å². The second kappa shape index (κ2) is 10.8. The number of hydrogen-bond donors (Lipinski definition) is 2. The molecule has 12 nitrogen and oxygen atoms in total. The summed E-state index contributed by atoms with van der Waals surface area (Å²) in [5, 5.41) is 7.72. The molecule has 3 heterocycles. The lowest BCUT2D eigenvalue weighted by Crippen LogP contribution is -2.69. The Morgan fingerprint density at radius 3 is 2.61 bits per heavy atom. The summed E-state index contributed by atoms with van der Waals surface area (Å²) in [5.74, 6) is -2.19. The lowest BCUT2D eigenvalue weighted by molar-refractivity contribution is -0.160. The van der Waals surface area contributed by atoms with E-state index in [1.807, 2.05) is 0 Å². The van der Waals surface area contributed by atoms with Crippen LogP contribution in [-0.2, 0) is 28.7 Å². The van der Waals surface area contributed by atoms with Crippen molar-refractivity contribution in [2.45, 2.75) is 24.6 Å². The summed E-state index contributed by atoms with van der Waals surface area (Å²) >= 11 is 2.41. The highest BCUT2D eigenvalue weighted by Crippen LogP contribution is 2.36. The van der Waals surface area contributed by atoms with Crippen LogP contribution in [-0.4, -0.2) is 69.9 Å². The van der Waals surface area contributed by atoms with E-state index in [9.17, 15) is 19.2 Å². The number of nitrogen functional groups attached to an aromatic ring is 1. The maximum absolute atomic E-state index is 12.7. The first-order valence-electron chi connectivity index (χ1n) is 10.5. The summed E-state index contributed by atoms with van der Waals surface area (Å²) in [7, 11) is 1.28. The minimum atomic E-state index is -1.13. The number of esters is 2. The molecule has 2 aliphatic rings. The molecule has 3 atom stereocenters. The fourth-order valence-corrected chi connectivity index (χ4v) is 5.16. The van der Waals surface area contributed by atoms with Crippen molar-refractivity contribution in [2.75, 3.05) is 18.6 Å². The van der Waals surface area contributed by atoms with Gasteiger partial charge in [-0.05, 0) is 12.1 Å². The van der Waals surface area contributed by atoms with Gasteiger partial charge < -0.3 is 30.3 Å². The van der Waals surface area contributed by atoms with Crippen LogP contribution in [0, 0.1) is 0 Å². The number of oxime groups is 1. The number of β-lactam (4-membered cyclic amide) rings is 1. The summed E-state index contributed by atoms with van der Waals surface area (Å²) < 4.78 is 10.4. The Bertz CT molecular complexity index is 1250. The van der Waals surface area contributed by atoms with Gasteiger partial charge in [-0.1, -0.05) is 23.4 Å². The average Bonchev–Trinajstić information content (AvgIpc) is 3.31. The number of carbonyl (C=O) groups is 4. The van der Waals surface area contributed by atoms with Crippen LogP contribution < -0.4 is 11.1 Å². The molecule has 188 valence electrons. The molecule has 1 fully saturated rings. The fourth-order valence-electron chi connectivity index (χ4n) is 3.37. The zero-order valence-electron chi connectivity index (χ0n) is 19.1. The Morgan fingerprint density at radius 1 is 1.22 bits per heavy atom. The van der Waals surface area contributed by atoms with E-state index in [0.29, 0.717) is 5.56 Å². The first-order valence-corrected chi connectivity index (χ1v) is 12.5. The highest BCUT2D eigenvalue weighted by molar-refractivity contribution is 8.00. The standard InChI is InChI=1S/C22H21N5O7S2/c1-11(33-20(30)12-6-4-3-5-7-12)34-21(31)13-8-27-18(29)16(19(27)35-9-13)25-17(28)15(26-32-2)14-10-36-22(23)24-14/h3-8,10-11,16,19H,9H2,1-2H3,(H2,23,24)(H,25,28)/t11?,16?,19-/m1/s1. The topological polar surface area (TPSA) is 163 Å². The summed E-state index contributed by atoms with van der Waals surface area (Å²) in [5.41, 5.74) is 6.28. The van der Waals surface area contributed by atoms with E-state index in [4.69, 9.17) is 20.0 Å². The van der Waals surface area contributed by atoms with Crippen LogP contribution in [0.4, 0.5) is 5.13 Å². The Balaban J connectivity index is 1.34. The average molecular weight is 532 g/mol. The number of aromatic nitrogens is 1. The fraction of sp³-hybridized carbons (Fsp3) is 0.273. The van der Waals surface area contributed by atoms with Gasteiger partial charge in [0.15, 0.2) is 10.8 Å². The monoisotopic (exact) mass is 531 g/mol. The van der Waals surface area contributed by atoms with Crippen LogP contribution in [0.1, 0.15) is 23.0 Å². The number of benzene rings is 1. The van der Waals surface area contributed by atoms with Crippen LogP contribution >= 0.6 is 23.1 Å². The summed E-state index contributed by atoms with van der Waals surface area (Å²) in [6, 6.07) is 7.47. The molecule has 1 aromatic carbocycles. The SMILES string of the molecule is CON=C(C(=O)NC1C(=O)N2C=C(C(=O)OC(C)OC(=O)c3ccccc3)CS[C@H]12)c1csc(N)n1. The van der Waals surface area contributed by atoms with E-state index >= 15 is 0 Å². The van der Waals surface area contributed by atoms with Gasteiger partial charge >= 0.3 is 11.9 Å². The van der Waals surface area contributed by atoms with Gasteiger partial charge in [-0.3, -0.25) is 9.59 Å². The number of anilines is 1. The normalized spacial score (nSPS) is 19.8. The number of thiazole rings is 1. The third-order valence-electron chi connectivity index (χ3n) is 5.05. The molecule has 2 aliphatic heterocycles. The minimum Gasteiger partial charge on any atom is -0.422 e. The minimum absolute atomic E-state index is 0.114. The van der Waals surface area contributed by atoms with Gasteiger partial charge in [0.1, 0.15) is 24.2 Å². The number of carbonyl (C=O) groups excluding carboxylic acids is 4. The van der Waals surface area contributed by atoms with E-state index in [0.717, 1.165) is 11.3 Å². The molecule has 0 radical (unpaired) electrons. The van der Waals surface area contributed by atoms with E-state index in [2.05, 4.69) is 15.5 Å². The Kier molecular flexibility index (Phi) is 7.55. The number of nitrogens with two attached hydrogens (primary N) is 1. The van der Waals surface area contributed by atoms with Crippen LogP contribution in [0.25, 0.3) is 0 Å². The Labute approximate surface area is 213 Å². The highest BCUT2D eigenvalue weighted by atomic mass is 32.2. The van der Waals surface area contributed by atoms with E-state index in [-0.39, 0.29) is 27.9 Å². The van der Waals surface area contributed by atoms with Crippen LogP contribution in [0.2, 0.25) is 0 Å². The van der Waals surface area contributed by atoms with Crippen molar-refractivity contribution in [3.8, 4) is 0 Å². The van der Waals surface area contributed by atoms with E-state index in [1.54, 1.807) is 35.7 Å². The molecule has 36 heavy (non-hydrogen) atoms. The number of hydrogen-bond acceptors (Lipinski definition) is 12. The summed E-state index contributed by atoms with van der Waals surface area (Å²) in [4.78, 5) is 60.2. The second-order valence-corrected chi connectivity index (χ2v) is 9.48. The molecular formula is C22H21N5O7S2. The van der Waals surface area contributed by atoms with Crippen LogP contribution in [0.5, 0.6) is 0 Å². The molecule has 1 aromatic heterocycles. The molecule has 2 aromatic rings. The number of ether oxygens (including phenoxy) is 2. The van der Waals surface area contributed by atoms with Gasteiger partial charge in [0.25, 0.3) is 11.8 Å². The number of fused-ring (bicyclic) bond motifs is 1. The van der Waals surface area contributed by atoms with Crippen molar-refractivity contribution >= 4 is 57.7 Å². The largest absolute Gasteiger partial charge is 0.422 e. The van der Waals surface area contributed by atoms with Crippen molar-refractivity contribution in [2.24, 2.45) is 5.16 Å². The smallest absolute Gasteiger partial charge is 0.341 e. The molecule has 0 spiro atoms. The molecular weight excluding hydrogens is 510 g/mol. The summed E-state index contributed by atoms with van der Waals surface area (Å²) in [6.45, 7) is 1.42. The van der Waals surface area contributed by atoms with Crippen LogP contribution in [0.3, 0.4) is 0 Å². The van der Waals surface area contributed by atoms with Crippen molar-refractivity contribution in [3.05, 3.63) is 58.7 Å². The van der Waals surface area contributed by atoms with Crippen molar-refractivity contribution in [3.63, 3.8) is 0 Å². The van der Waals surface area contributed by atoms with Gasteiger partial charge in [-0.2, -0.15) is 0 Å². The number of nitrogens with one attached hydrogen (secondary N) is 1. The van der Waals surface area contributed by atoms with E-state index in [1.165, 1.54) is 36.9 Å². The first-order chi connectivity index (χ1) is 17.3.